The van der Waals surface area contributed by atoms with Gasteiger partial charge < -0.3 is 10.1 Å². The predicted molar refractivity (Wildman–Crippen MR) is 64.9 cm³/mol. The lowest BCUT2D eigenvalue weighted by molar-refractivity contribution is 0.0691. The van der Waals surface area contributed by atoms with Gasteiger partial charge in [0.2, 0.25) is 10.0 Å². The van der Waals surface area contributed by atoms with E-state index in [0.29, 0.717) is 0 Å². The van der Waals surface area contributed by atoms with Crippen molar-refractivity contribution in [2.75, 3.05) is 6.54 Å². The highest BCUT2D eigenvalue weighted by atomic mass is 32.2. The summed E-state index contributed by atoms with van der Waals surface area (Å²) in [5, 5.41) is 17.4. The Balaban J connectivity index is 2.28. The molecule has 0 amide bonds. The molecule has 0 aliphatic heterocycles. The molecule has 0 spiro atoms. The smallest absolute Gasteiger partial charge is 0.352 e. The number of aromatic amines is 1. The fourth-order valence-electron chi connectivity index (χ4n) is 1.80. The van der Waals surface area contributed by atoms with Gasteiger partial charge >= 0.3 is 5.97 Å². The number of H-pyrrole nitrogens is 1. The van der Waals surface area contributed by atoms with Gasteiger partial charge in [0.25, 0.3) is 0 Å². The van der Waals surface area contributed by atoms with E-state index >= 15 is 0 Å². The molecule has 0 radical (unpaired) electrons. The van der Waals surface area contributed by atoms with Crippen molar-refractivity contribution in [3.8, 4) is 6.07 Å². The Bertz CT molecular complexity index is 625. The van der Waals surface area contributed by atoms with Crippen molar-refractivity contribution < 1.29 is 18.3 Å². The minimum atomic E-state index is -3.74. The van der Waals surface area contributed by atoms with E-state index in [1.54, 1.807) is 0 Å². The van der Waals surface area contributed by atoms with Gasteiger partial charge in [-0.05, 0) is 18.9 Å². The lowest BCUT2D eigenvalue weighted by Gasteiger charge is -2.19. The molecule has 0 saturated heterocycles. The van der Waals surface area contributed by atoms with Crippen molar-refractivity contribution in [3.05, 3.63) is 18.0 Å². The summed E-state index contributed by atoms with van der Waals surface area (Å²) < 4.78 is 26.0. The van der Waals surface area contributed by atoms with E-state index in [-0.39, 0.29) is 29.6 Å². The van der Waals surface area contributed by atoms with Gasteiger partial charge in [-0.25, -0.2) is 13.2 Å². The quantitative estimate of drug-likeness (QED) is 0.800. The van der Waals surface area contributed by atoms with Crippen LogP contribution in [0.15, 0.2) is 17.2 Å². The number of carboxylic acids is 1. The lowest BCUT2D eigenvalue weighted by Crippen LogP contribution is -2.33. The van der Waals surface area contributed by atoms with Crippen LogP contribution in [-0.4, -0.2) is 41.4 Å². The summed E-state index contributed by atoms with van der Waals surface area (Å²) in [6.45, 7) is 0.136. The third-order valence-electron chi connectivity index (χ3n) is 2.89. The fraction of sp³-hybridized carbons (Fsp3) is 0.455. The summed E-state index contributed by atoms with van der Waals surface area (Å²) >= 11 is 0. The standard InChI is InChI=1S/C11H13N3O4S/c12-4-1-5-14(8-2-3-8)19(17,18)9-6-10(11(15)16)13-7-9/h6-8,13H,1-3,5H2,(H,15,16). The van der Waals surface area contributed by atoms with Gasteiger partial charge in [-0.15, -0.1) is 0 Å². The van der Waals surface area contributed by atoms with Crippen molar-refractivity contribution in [1.82, 2.24) is 9.29 Å². The molecule has 7 nitrogen and oxygen atoms in total. The van der Waals surface area contributed by atoms with Crippen molar-refractivity contribution in [2.24, 2.45) is 0 Å². The highest BCUT2D eigenvalue weighted by Gasteiger charge is 2.38. The van der Waals surface area contributed by atoms with Crippen molar-refractivity contribution >= 4 is 16.0 Å². The van der Waals surface area contributed by atoms with Crippen molar-refractivity contribution in [3.63, 3.8) is 0 Å². The second-order valence-electron chi connectivity index (χ2n) is 4.31. The molecule has 2 rings (SSSR count). The first-order valence-corrected chi connectivity index (χ1v) is 7.21. The van der Waals surface area contributed by atoms with Gasteiger partial charge in [0, 0.05) is 25.2 Å². The first-order valence-electron chi connectivity index (χ1n) is 5.77. The van der Waals surface area contributed by atoms with Crippen molar-refractivity contribution in [1.29, 1.82) is 5.26 Å². The second-order valence-corrected chi connectivity index (χ2v) is 6.20. The molecular weight excluding hydrogens is 270 g/mol. The lowest BCUT2D eigenvalue weighted by atomic mass is 10.4. The molecule has 2 N–H and O–H groups in total. The Morgan fingerprint density at radius 1 is 1.58 bits per heavy atom. The third kappa shape index (κ3) is 2.77. The average Bonchev–Trinajstić information content (AvgIpc) is 3.04. The Labute approximate surface area is 110 Å². The van der Waals surface area contributed by atoms with Gasteiger partial charge in [0.05, 0.1) is 6.07 Å². The molecule has 0 aromatic carbocycles. The Hall–Kier alpha value is -1.85. The van der Waals surface area contributed by atoms with Crippen molar-refractivity contribution in [2.45, 2.75) is 30.2 Å². The molecule has 1 aliphatic rings. The van der Waals surface area contributed by atoms with E-state index in [9.17, 15) is 13.2 Å². The number of aromatic carboxylic acids is 1. The van der Waals surface area contributed by atoms with Gasteiger partial charge in [0.1, 0.15) is 10.6 Å². The van der Waals surface area contributed by atoms with Gasteiger partial charge in [-0.2, -0.15) is 9.57 Å². The summed E-state index contributed by atoms with van der Waals surface area (Å²) in [5.74, 6) is -1.21. The molecule has 1 fully saturated rings. The van der Waals surface area contributed by atoms with E-state index in [2.05, 4.69) is 4.98 Å². The molecule has 8 heteroatoms. The minimum Gasteiger partial charge on any atom is -0.477 e. The number of nitrogens with one attached hydrogen (secondary N) is 1. The van der Waals surface area contributed by atoms with E-state index in [4.69, 9.17) is 10.4 Å². The summed E-state index contributed by atoms with van der Waals surface area (Å²) in [6, 6.07) is 2.95. The monoisotopic (exact) mass is 283 g/mol. The summed E-state index contributed by atoms with van der Waals surface area (Å²) in [5.41, 5.74) is -0.172. The molecule has 1 aromatic heterocycles. The van der Waals surface area contributed by atoms with E-state index in [1.165, 1.54) is 10.5 Å². The largest absolute Gasteiger partial charge is 0.477 e. The van der Waals surface area contributed by atoms with Crippen LogP contribution in [0.1, 0.15) is 29.8 Å². The fourth-order valence-corrected chi connectivity index (χ4v) is 3.48. The molecule has 1 aromatic rings. The molecule has 0 unspecified atom stereocenters. The minimum absolute atomic E-state index is 0.0680. The van der Waals surface area contributed by atoms with Crippen LogP contribution >= 0.6 is 0 Å². The van der Waals surface area contributed by atoms with Crippen LogP contribution in [0.5, 0.6) is 0 Å². The van der Waals surface area contributed by atoms with Gasteiger partial charge in [-0.3, -0.25) is 0 Å². The summed E-state index contributed by atoms with van der Waals surface area (Å²) in [6.07, 6.45) is 2.84. The number of nitrogens with zero attached hydrogens (tertiary/aromatic N) is 2. The Kier molecular flexibility index (Phi) is 3.59. The molecule has 1 aliphatic carbocycles. The Morgan fingerprint density at radius 2 is 2.26 bits per heavy atom. The maximum atomic E-state index is 12.4. The maximum absolute atomic E-state index is 12.4. The number of carboxylic acid groups (broad SMARTS) is 1. The van der Waals surface area contributed by atoms with Crippen LogP contribution in [-0.2, 0) is 10.0 Å². The molecule has 1 heterocycles. The first kappa shape index (κ1) is 13.6. The third-order valence-corrected chi connectivity index (χ3v) is 4.82. The van der Waals surface area contributed by atoms with E-state index < -0.39 is 16.0 Å². The SMILES string of the molecule is N#CCCN(C1CC1)S(=O)(=O)c1c[nH]c(C(=O)O)c1. The average molecular weight is 283 g/mol. The molecule has 1 saturated carbocycles. The number of sulfonamides is 1. The summed E-state index contributed by atoms with van der Waals surface area (Å²) in [7, 11) is -3.74. The number of aromatic nitrogens is 1. The van der Waals surface area contributed by atoms with E-state index in [0.717, 1.165) is 18.9 Å². The van der Waals surface area contributed by atoms with Crippen LogP contribution in [0.2, 0.25) is 0 Å². The number of rotatable bonds is 6. The normalized spacial score (nSPS) is 15.4. The molecule has 19 heavy (non-hydrogen) atoms. The van der Waals surface area contributed by atoms with Crippen LogP contribution in [0.4, 0.5) is 0 Å². The number of nitriles is 1. The highest BCUT2D eigenvalue weighted by Crippen LogP contribution is 2.32. The number of hydrogen-bond donors (Lipinski definition) is 2. The Morgan fingerprint density at radius 3 is 2.74 bits per heavy atom. The zero-order valence-corrected chi connectivity index (χ0v) is 10.9. The second kappa shape index (κ2) is 5.03. The van der Waals surface area contributed by atoms with E-state index in [1.807, 2.05) is 6.07 Å². The molecule has 0 bridgehead atoms. The molecule has 0 atom stereocenters. The number of carbonyl (C=O) groups is 1. The van der Waals surface area contributed by atoms with Gasteiger partial charge in [0.15, 0.2) is 0 Å². The van der Waals surface area contributed by atoms with Crippen LogP contribution in [0, 0.1) is 11.3 Å². The molecular formula is C11H13N3O4S. The van der Waals surface area contributed by atoms with Crippen LogP contribution < -0.4 is 0 Å². The zero-order valence-electron chi connectivity index (χ0n) is 10.0. The highest BCUT2D eigenvalue weighted by molar-refractivity contribution is 7.89. The molecule has 102 valence electrons. The summed E-state index contributed by atoms with van der Waals surface area (Å²) in [4.78, 5) is 13.1. The number of hydrogen-bond acceptors (Lipinski definition) is 4. The predicted octanol–water partition coefficient (Wildman–Crippen LogP) is 0.780. The first-order chi connectivity index (χ1) is 8.96. The maximum Gasteiger partial charge on any atom is 0.352 e. The topological polar surface area (TPSA) is 114 Å². The zero-order chi connectivity index (χ0) is 14.0. The van der Waals surface area contributed by atoms with Crippen LogP contribution in [0.25, 0.3) is 0 Å². The van der Waals surface area contributed by atoms with Gasteiger partial charge in [-0.1, -0.05) is 0 Å². The van der Waals surface area contributed by atoms with Crippen LogP contribution in [0.3, 0.4) is 0 Å².